The van der Waals surface area contributed by atoms with Crippen LogP contribution in [0.4, 0.5) is 10.9 Å². The molecule has 3 heterocycles. The molecule has 0 aliphatic carbocycles. The van der Waals surface area contributed by atoms with Crippen molar-refractivity contribution in [3.63, 3.8) is 0 Å². The average Bonchev–Trinajstić information content (AvgIpc) is 3.48. The van der Waals surface area contributed by atoms with Gasteiger partial charge in [-0.05, 0) is 36.8 Å². The Kier molecular flexibility index (Phi) is 6.13. The molecule has 9 nitrogen and oxygen atoms in total. The highest BCUT2D eigenvalue weighted by molar-refractivity contribution is 7.14. The molecule has 0 aliphatic rings. The van der Waals surface area contributed by atoms with Gasteiger partial charge in [-0.1, -0.05) is 30.3 Å². The fourth-order valence-electron chi connectivity index (χ4n) is 3.59. The van der Waals surface area contributed by atoms with E-state index >= 15 is 0 Å². The van der Waals surface area contributed by atoms with Gasteiger partial charge < -0.3 is 20.0 Å². The van der Waals surface area contributed by atoms with E-state index in [0.717, 1.165) is 35.6 Å². The molecule has 0 aliphatic heterocycles. The number of hydrogen-bond donors (Lipinski definition) is 1. The summed E-state index contributed by atoms with van der Waals surface area (Å²) in [5.41, 5.74) is 5.43. The molecule has 0 saturated carbocycles. The summed E-state index contributed by atoms with van der Waals surface area (Å²) in [5.74, 6) is -0.644. The number of benzene rings is 1. The zero-order valence-corrected chi connectivity index (χ0v) is 18.5. The maximum Gasteiger partial charge on any atom is 0.389 e. The number of rotatable bonds is 8. The van der Waals surface area contributed by atoms with E-state index in [-0.39, 0.29) is 18.3 Å². The molecule has 4 rings (SSSR count). The predicted molar refractivity (Wildman–Crippen MR) is 123 cm³/mol. The van der Waals surface area contributed by atoms with Crippen LogP contribution in [0, 0.1) is 24.0 Å². The molecule has 4 aromatic rings. The van der Waals surface area contributed by atoms with Gasteiger partial charge in [0.25, 0.3) is 0 Å². The van der Waals surface area contributed by atoms with Crippen molar-refractivity contribution < 1.29 is 9.72 Å². The van der Waals surface area contributed by atoms with E-state index in [1.807, 2.05) is 11.4 Å². The number of anilines is 1. The van der Waals surface area contributed by atoms with Gasteiger partial charge in [0, 0.05) is 28.9 Å². The lowest BCUT2D eigenvalue weighted by Crippen LogP contribution is -2.19. The molecule has 0 spiro atoms. The summed E-state index contributed by atoms with van der Waals surface area (Å²) >= 11 is 1.34. The quantitative estimate of drug-likeness (QED) is 0.319. The van der Waals surface area contributed by atoms with Crippen LogP contribution in [0.2, 0.25) is 0 Å². The molecule has 1 amide bonds. The Morgan fingerprint density at radius 2 is 2.00 bits per heavy atom. The summed E-state index contributed by atoms with van der Waals surface area (Å²) in [6, 6.07) is 13.7. The van der Waals surface area contributed by atoms with Gasteiger partial charge in [-0.15, -0.1) is 11.3 Å². The van der Waals surface area contributed by atoms with Crippen LogP contribution in [0.5, 0.6) is 0 Å². The normalized spacial score (nSPS) is 10.9. The third-order valence-electron chi connectivity index (χ3n) is 5.19. The number of carbonyl (C=O) groups is 1. The van der Waals surface area contributed by atoms with E-state index in [0.29, 0.717) is 5.13 Å². The van der Waals surface area contributed by atoms with Crippen molar-refractivity contribution in [3.05, 3.63) is 81.1 Å². The predicted octanol–water partition coefficient (Wildman–Crippen LogP) is 4.21. The molecular formula is C22H22N6O3S. The number of nitrogens with one attached hydrogen (secondary N) is 1. The highest BCUT2D eigenvalue weighted by Gasteiger charge is 2.17. The number of aryl methyl sites for hydroxylation is 2. The SMILES string of the molecule is Cc1cc(-c2csc(NC(=O)Cn3ccc([N+](=O)[O-])n3)n2)c(C)n1CCc1ccccc1. The number of aromatic nitrogens is 4. The van der Waals surface area contributed by atoms with Gasteiger partial charge in [-0.2, -0.15) is 4.68 Å². The van der Waals surface area contributed by atoms with Gasteiger partial charge in [0.05, 0.1) is 23.1 Å². The average molecular weight is 451 g/mol. The summed E-state index contributed by atoms with van der Waals surface area (Å²) < 4.78 is 3.51. The lowest BCUT2D eigenvalue weighted by atomic mass is 10.1. The van der Waals surface area contributed by atoms with Gasteiger partial charge in [-0.25, -0.2) is 4.98 Å². The first-order valence-electron chi connectivity index (χ1n) is 10.0. The zero-order valence-electron chi connectivity index (χ0n) is 17.7. The van der Waals surface area contributed by atoms with Gasteiger partial charge in [-0.3, -0.25) is 4.79 Å². The number of amides is 1. The molecule has 0 unspecified atom stereocenters. The molecule has 10 heteroatoms. The minimum absolute atomic E-state index is 0.128. The molecule has 164 valence electrons. The molecule has 32 heavy (non-hydrogen) atoms. The van der Waals surface area contributed by atoms with Gasteiger partial charge >= 0.3 is 5.82 Å². The lowest BCUT2D eigenvalue weighted by Gasteiger charge is -2.09. The largest absolute Gasteiger partial charge is 0.389 e. The van der Waals surface area contributed by atoms with Crippen LogP contribution in [-0.4, -0.2) is 30.2 Å². The number of carbonyl (C=O) groups excluding carboxylic acids is 1. The molecule has 0 atom stereocenters. The number of nitro groups is 1. The summed E-state index contributed by atoms with van der Waals surface area (Å²) in [5, 5.41) is 19.6. The first-order chi connectivity index (χ1) is 15.4. The molecule has 1 N–H and O–H groups in total. The smallest absolute Gasteiger partial charge is 0.358 e. The molecule has 0 saturated heterocycles. The van der Waals surface area contributed by atoms with Crippen molar-refractivity contribution in [1.29, 1.82) is 0 Å². The first kappa shape index (κ1) is 21.4. The van der Waals surface area contributed by atoms with Crippen LogP contribution < -0.4 is 5.32 Å². The Labute approximate surface area is 188 Å². The number of hydrogen-bond acceptors (Lipinski definition) is 6. The van der Waals surface area contributed by atoms with E-state index in [9.17, 15) is 14.9 Å². The minimum Gasteiger partial charge on any atom is -0.358 e. The summed E-state index contributed by atoms with van der Waals surface area (Å²) in [7, 11) is 0. The van der Waals surface area contributed by atoms with Crippen molar-refractivity contribution in [2.24, 2.45) is 0 Å². The Hall–Kier alpha value is -3.79. The van der Waals surface area contributed by atoms with Gasteiger partial charge in [0.15, 0.2) is 5.13 Å². The van der Waals surface area contributed by atoms with Crippen molar-refractivity contribution in [1.82, 2.24) is 19.3 Å². The standard InChI is InChI=1S/C22H22N6O3S/c1-15-12-18(16(2)27(15)11-8-17-6-4-3-5-7-17)19-14-32-22(23-19)24-21(29)13-26-10-9-20(25-26)28(30)31/h3-7,9-10,12,14H,8,11,13H2,1-2H3,(H,23,24,29). The van der Waals surface area contributed by atoms with Crippen molar-refractivity contribution >= 4 is 28.2 Å². The van der Waals surface area contributed by atoms with Crippen LogP contribution in [-0.2, 0) is 24.3 Å². The van der Waals surface area contributed by atoms with E-state index < -0.39 is 4.92 Å². The fraction of sp³-hybridized carbons (Fsp3) is 0.227. The first-order valence-corrected chi connectivity index (χ1v) is 10.9. The van der Waals surface area contributed by atoms with Crippen LogP contribution >= 0.6 is 11.3 Å². The van der Waals surface area contributed by atoms with Crippen molar-refractivity contribution in [3.8, 4) is 11.3 Å². The van der Waals surface area contributed by atoms with Crippen LogP contribution in [0.25, 0.3) is 11.3 Å². The van der Waals surface area contributed by atoms with Crippen molar-refractivity contribution in [2.45, 2.75) is 33.4 Å². The molecule has 1 aromatic carbocycles. The lowest BCUT2D eigenvalue weighted by molar-refractivity contribution is -0.389. The summed E-state index contributed by atoms with van der Waals surface area (Å²) in [4.78, 5) is 27.0. The minimum atomic E-state index is -0.599. The monoisotopic (exact) mass is 450 g/mol. The van der Waals surface area contributed by atoms with Crippen LogP contribution in [0.15, 0.2) is 54.0 Å². The topological polar surface area (TPSA) is 108 Å². The molecule has 0 fully saturated rings. The molecular weight excluding hydrogens is 428 g/mol. The Morgan fingerprint density at radius 1 is 1.22 bits per heavy atom. The Morgan fingerprint density at radius 3 is 2.72 bits per heavy atom. The van der Waals surface area contributed by atoms with Crippen LogP contribution in [0.3, 0.4) is 0 Å². The van der Waals surface area contributed by atoms with E-state index in [4.69, 9.17) is 0 Å². The second-order valence-corrected chi connectivity index (χ2v) is 8.24. The van der Waals surface area contributed by atoms with Crippen molar-refractivity contribution in [2.75, 3.05) is 5.32 Å². The zero-order chi connectivity index (χ0) is 22.7. The Bertz CT molecular complexity index is 1260. The number of thiazole rings is 1. The fourth-order valence-corrected chi connectivity index (χ4v) is 4.31. The summed E-state index contributed by atoms with van der Waals surface area (Å²) in [6.07, 6.45) is 2.34. The molecule has 3 aromatic heterocycles. The molecule has 0 bridgehead atoms. The Balaban J connectivity index is 1.42. The van der Waals surface area contributed by atoms with E-state index in [1.54, 1.807) is 0 Å². The third kappa shape index (κ3) is 4.75. The second-order valence-electron chi connectivity index (χ2n) is 7.39. The number of nitrogens with zero attached hydrogens (tertiary/aromatic N) is 5. The summed E-state index contributed by atoms with van der Waals surface area (Å²) in [6.45, 7) is 4.91. The maximum atomic E-state index is 12.3. The van der Waals surface area contributed by atoms with E-state index in [1.165, 1.54) is 33.8 Å². The van der Waals surface area contributed by atoms with E-state index in [2.05, 4.69) is 64.1 Å². The third-order valence-corrected chi connectivity index (χ3v) is 5.94. The maximum absolute atomic E-state index is 12.3. The second kappa shape index (κ2) is 9.15. The van der Waals surface area contributed by atoms with Gasteiger partial charge in [0.1, 0.15) is 6.54 Å². The molecule has 0 radical (unpaired) electrons. The van der Waals surface area contributed by atoms with Crippen LogP contribution in [0.1, 0.15) is 17.0 Å². The highest BCUT2D eigenvalue weighted by atomic mass is 32.1. The van der Waals surface area contributed by atoms with Gasteiger partial charge in [0.2, 0.25) is 5.91 Å². The highest BCUT2D eigenvalue weighted by Crippen LogP contribution is 2.30.